The fourth-order valence-corrected chi connectivity index (χ4v) is 5.94. The number of nitro benzene ring substituents is 1. The number of hydrogen-bond donors (Lipinski definition) is 1. The van der Waals surface area contributed by atoms with Crippen molar-refractivity contribution in [2.45, 2.75) is 25.0 Å². The maximum absolute atomic E-state index is 11.4. The molecule has 35 heavy (non-hydrogen) atoms. The predicted octanol–water partition coefficient (Wildman–Crippen LogP) is 8.08. The standard InChI is InChI=1S/C26H21BrCl2N2O4/c1-34-23-10-15(9-20(27)26(23)35-13-14-5-2-3-8-21(14)28)24-18-7-4-6-17(18)19-11-16(31(32)33)12-22(29)25(19)30-24/h2-6,8-12,17-18,24,30H,7,13H2,1H3/t17-,18+,24+/m1/s1. The molecular weight excluding hydrogens is 555 g/mol. The molecule has 6 nitrogen and oxygen atoms in total. The molecule has 0 unspecified atom stereocenters. The number of benzene rings is 3. The molecule has 0 amide bonds. The van der Waals surface area contributed by atoms with Crippen molar-refractivity contribution in [2.75, 3.05) is 12.4 Å². The van der Waals surface area contributed by atoms with E-state index in [0.717, 1.165) is 33.3 Å². The fraction of sp³-hybridized carbons (Fsp3) is 0.231. The molecule has 0 saturated carbocycles. The molecule has 3 atom stereocenters. The highest BCUT2D eigenvalue weighted by Crippen LogP contribution is 2.53. The predicted molar refractivity (Wildman–Crippen MR) is 141 cm³/mol. The second-order valence-electron chi connectivity index (χ2n) is 8.54. The van der Waals surface area contributed by atoms with Crippen LogP contribution in [-0.2, 0) is 6.61 Å². The van der Waals surface area contributed by atoms with Crippen LogP contribution in [0.4, 0.5) is 11.4 Å². The lowest BCUT2D eigenvalue weighted by molar-refractivity contribution is -0.384. The minimum Gasteiger partial charge on any atom is -0.493 e. The van der Waals surface area contributed by atoms with Crippen molar-refractivity contribution >= 4 is 50.5 Å². The normalized spacial score (nSPS) is 20.1. The minimum absolute atomic E-state index is 0.00233. The number of anilines is 1. The number of ether oxygens (including phenoxy) is 2. The summed E-state index contributed by atoms with van der Waals surface area (Å²) in [6.45, 7) is 0.298. The third kappa shape index (κ3) is 4.48. The van der Waals surface area contributed by atoms with Gasteiger partial charge in [-0.25, -0.2) is 0 Å². The molecule has 180 valence electrons. The molecule has 3 aromatic rings. The maximum Gasteiger partial charge on any atom is 0.271 e. The summed E-state index contributed by atoms with van der Waals surface area (Å²) in [6.07, 6.45) is 5.08. The first kappa shape index (κ1) is 24.0. The number of nitrogens with one attached hydrogen (secondary N) is 1. The van der Waals surface area contributed by atoms with Crippen molar-refractivity contribution in [3.05, 3.63) is 102 Å². The Bertz CT molecular complexity index is 1350. The number of fused-ring (bicyclic) bond motifs is 3. The van der Waals surface area contributed by atoms with Crippen molar-refractivity contribution < 1.29 is 14.4 Å². The number of rotatable bonds is 6. The lowest BCUT2D eigenvalue weighted by atomic mass is 9.77. The Labute approximate surface area is 221 Å². The van der Waals surface area contributed by atoms with E-state index in [4.69, 9.17) is 32.7 Å². The van der Waals surface area contributed by atoms with E-state index in [9.17, 15) is 10.1 Å². The van der Waals surface area contributed by atoms with Gasteiger partial charge in [0.25, 0.3) is 5.69 Å². The molecule has 1 N–H and O–H groups in total. The second-order valence-corrected chi connectivity index (χ2v) is 10.2. The molecule has 1 aliphatic carbocycles. The molecule has 0 aromatic heterocycles. The smallest absolute Gasteiger partial charge is 0.271 e. The number of hydrogen-bond acceptors (Lipinski definition) is 5. The van der Waals surface area contributed by atoms with Gasteiger partial charge in [-0.3, -0.25) is 10.1 Å². The van der Waals surface area contributed by atoms with E-state index in [1.165, 1.54) is 6.07 Å². The molecule has 2 aliphatic rings. The van der Waals surface area contributed by atoms with Crippen molar-refractivity contribution in [1.29, 1.82) is 0 Å². The van der Waals surface area contributed by atoms with E-state index in [1.807, 2.05) is 36.4 Å². The topological polar surface area (TPSA) is 73.6 Å². The van der Waals surface area contributed by atoms with Crippen LogP contribution < -0.4 is 14.8 Å². The summed E-state index contributed by atoms with van der Waals surface area (Å²) in [4.78, 5) is 11.0. The van der Waals surface area contributed by atoms with Gasteiger partial charge in [-0.2, -0.15) is 0 Å². The van der Waals surface area contributed by atoms with E-state index in [0.29, 0.717) is 28.2 Å². The molecule has 3 aromatic carbocycles. The quantitative estimate of drug-likeness (QED) is 0.183. The number of allylic oxidation sites excluding steroid dienone is 2. The largest absolute Gasteiger partial charge is 0.493 e. The van der Waals surface area contributed by atoms with E-state index >= 15 is 0 Å². The van der Waals surface area contributed by atoms with Gasteiger partial charge in [0.05, 0.1) is 33.3 Å². The van der Waals surface area contributed by atoms with Crippen molar-refractivity contribution in [3.8, 4) is 11.5 Å². The summed E-state index contributed by atoms with van der Waals surface area (Å²) in [5, 5.41) is 15.9. The van der Waals surface area contributed by atoms with Gasteiger partial charge >= 0.3 is 0 Å². The van der Waals surface area contributed by atoms with Crippen LogP contribution in [0, 0.1) is 16.0 Å². The molecule has 0 radical (unpaired) electrons. The number of methoxy groups -OCH3 is 1. The van der Waals surface area contributed by atoms with E-state index in [2.05, 4.69) is 33.4 Å². The monoisotopic (exact) mass is 574 g/mol. The van der Waals surface area contributed by atoms with Crippen LogP contribution in [0.5, 0.6) is 11.5 Å². The van der Waals surface area contributed by atoms with Crippen LogP contribution >= 0.6 is 39.1 Å². The van der Waals surface area contributed by atoms with E-state index in [-0.39, 0.29) is 23.6 Å². The number of nitro groups is 1. The van der Waals surface area contributed by atoms with Crippen LogP contribution in [0.3, 0.4) is 0 Å². The van der Waals surface area contributed by atoms with Gasteiger partial charge in [-0.15, -0.1) is 0 Å². The average Bonchev–Trinajstić information content (AvgIpc) is 3.33. The van der Waals surface area contributed by atoms with Gasteiger partial charge < -0.3 is 14.8 Å². The number of halogens is 3. The first-order valence-electron chi connectivity index (χ1n) is 11.0. The minimum atomic E-state index is -0.407. The van der Waals surface area contributed by atoms with Crippen molar-refractivity contribution in [3.63, 3.8) is 0 Å². The van der Waals surface area contributed by atoms with E-state index < -0.39 is 4.92 Å². The zero-order valence-electron chi connectivity index (χ0n) is 18.6. The van der Waals surface area contributed by atoms with Crippen molar-refractivity contribution in [1.82, 2.24) is 0 Å². The highest BCUT2D eigenvalue weighted by Gasteiger charge is 2.40. The van der Waals surface area contributed by atoms with Crippen LogP contribution in [0.2, 0.25) is 10.0 Å². The Morgan fingerprint density at radius 3 is 2.71 bits per heavy atom. The Hall–Kier alpha value is -2.74. The summed E-state index contributed by atoms with van der Waals surface area (Å²) in [5.41, 5.74) is 3.45. The van der Waals surface area contributed by atoms with Gasteiger partial charge in [-0.1, -0.05) is 53.6 Å². The summed E-state index contributed by atoms with van der Waals surface area (Å²) < 4.78 is 12.5. The van der Waals surface area contributed by atoms with Gasteiger partial charge in [0.1, 0.15) is 6.61 Å². The Kier molecular flexibility index (Phi) is 6.66. The first-order chi connectivity index (χ1) is 16.9. The van der Waals surface area contributed by atoms with Crippen LogP contribution in [0.25, 0.3) is 0 Å². The summed E-state index contributed by atoms with van der Waals surface area (Å²) in [7, 11) is 1.60. The number of non-ortho nitro benzene ring substituents is 1. The molecule has 1 heterocycles. The molecule has 5 rings (SSSR count). The fourth-order valence-electron chi connectivity index (χ4n) is 4.90. The average molecular weight is 576 g/mol. The molecule has 9 heteroatoms. The molecular formula is C26H21BrCl2N2O4. The van der Waals surface area contributed by atoms with Gasteiger partial charge in [0, 0.05) is 28.6 Å². The van der Waals surface area contributed by atoms with Gasteiger partial charge in [0.2, 0.25) is 0 Å². The Morgan fingerprint density at radius 1 is 1.17 bits per heavy atom. The molecule has 1 aliphatic heterocycles. The summed E-state index contributed by atoms with van der Waals surface area (Å²) >= 11 is 16.4. The third-order valence-corrected chi connectivity index (χ3v) is 7.81. The zero-order valence-corrected chi connectivity index (χ0v) is 21.7. The summed E-state index contributed by atoms with van der Waals surface area (Å²) in [5.74, 6) is 1.37. The molecule has 0 bridgehead atoms. The molecule has 0 spiro atoms. The highest BCUT2D eigenvalue weighted by molar-refractivity contribution is 9.10. The second kappa shape index (κ2) is 9.72. The van der Waals surface area contributed by atoms with Crippen LogP contribution in [0.15, 0.2) is 65.2 Å². The SMILES string of the molecule is COc1cc([C@@H]2Nc3c(Cl)cc([N+](=O)[O-])cc3[C@@H]3C=CC[C@@H]32)cc(Br)c1OCc1ccccc1Cl. The van der Waals surface area contributed by atoms with Gasteiger partial charge in [-0.05, 0) is 57.6 Å². The Morgan fingerprint density at radius 2 is 1.97 bits per heavy atom. The lowest BCUT2D eigenvalue weighted by Crippen LogP contribution is -2.29. The zero-order chi connectivity index (χ0) is 24.7. The molecule has 0 fully saturated rings. The van der Waals surface area contributed by atoms with Crippen LogP contribution in [0.1, 0.15) is 35.1 Å². The maximum atomic E-state index is 11.4. The van der Waals surface area contributed by atoms with Gasteiger partial charge in [0.15, 0.2) is 11.5 Å². The first-order valence-corrected chi connectivity index (χ1v) is 12.6. The summed E-state index contributed by atoms with van der Waals surface area (Å²) in [6, 6.07) is 14.5. The Balaban J connectivity index is 1.49. The van der Waals surface area contributed by atoms with Crippen LogP contribution in [-0.4, -0.2) is 12.0 Å². The number of nitrogens with zero attached hydrogens (tertiary/aromatic N) is 1. The van der Waals surface area contributed by atoms with E-state index in [1.54, 1.807) is 13.2 Å². The third-order valence-electron chi connectivity index (χ3n) is 6.56. The van der Waals surface area contributed by atoms with Crippen molar-refractivity contribution in [2.24, 2.45) is 5.92 Å². The molecule has 0 saturated heterocycles. The highest BCUT2D eigenvalue weighted by atomic mass is 79.9. The lowest BCUT2D eigenvalue weighted by Gasteiger charge is -2.38.